The van der Waals surface area contributed by atoms with E-state index in [0.717, 1.165) is 16.7 Å². The van der Waals surface area contributed by atoms with Gasteiger partial charge in [0.05, 0.1) is 26.2 Å². The number of amides is 2. The van der Waals surface area contributed by atoms with Crippen LogP contribution in [0.5, 0.6) is 0 Å². The average molecular weight is 409 g/mol. The third kappa shape index (κ3) is 4.43. The van der Waals surface area contributed by atoms with Crippen molar-refractivity contribution in [1.29, 1.82) is 0 Å². The van der Waals surface area contributed by atoms with Crippen molar-refractivity contribution in [3.8, 4) is 11.1 Å². The predicted octanol–water partition coefficient (Wildman–Crippen LogP) is 3.36. The first-order valence-corrected chi connectivity index (χ1v) is 13.3. The van der Waals surface area contributed by atoms with Gasteiger partial charge >= 0.3 is 0 Å². The molecule has 0 spiro atoms. The van der Waals surface area contributed by atoms with E-state index in [1.54, 1.807) is 7.05 Å². The van der Waals surface area contributed by atoms with E-state index in [1.165, 1.54) is 10.1 Å². The lowest BCUT2D eigenvalue weighted by atomic mass is 10.00. The molecule has 0 fully saturated rings. The Morgan fingerprint density at radius 1 is 1.10 bits per heavy atom. The van der Waals surface area contributed by atoms with Gasteiger partial charge in [-0.1, -0.05) is 67.3 Å². The molecule has 2 aromatic carbocycles. The average Bonchev–Trinajstić information content (AvgIpc) is 2.95. The maximum Gasteiger partial charge on any atom is 0.289 e. The van der Waals surface area contributed by atoms with Crippen molar-refractivity contribution in [2.45, 2.75) is 32.6 Å². The molecule has 0 bridgehead atoms. The molecule has 2 N–H and O–H groups in total. The molecule has 0 saturated heterocycles. The van der Waals surface area contributed by atoms with E-state index in [9.17, 15) is 14.7 Å². The van der Waals surface area contributed by atoms with E-state index in [-0.39, 0.29) is 18.2 Å². The Bertz CT molecular complexity index is 992. The van der Waals surface area contributed by atoms with Crippen molar-refractivity contribution in [1.82, 2.24) is 10.2 Å². The van der Waals surface area contributed by atoms with E-state index < -0.39 is 25.6 Å². The van der Waals surface area contributed by atoms with Gasteiger partial charge in [-0.3, -0.25) is 9.59 Å². The molecule has 0 saturated carbocycles. The van der Waals surface area contributed by atoms with Crippen LogP contribution in [-0.2, 0) is 9.59 Å². The standard InChI is InChI=1S/C23H28N2O3Si/c1-15(24-22(27)20-14-25(2)23(28)21(20)26)16-8-6-9-17(12-16)18-10-7-11-19(13-18)29(3,4)5/h6-13,15,26H,14H2,1-5H3,(H,24,27). The van der Waals surface area contributed by atoms with Crippen molar-refractivity contribution < 1.29 is 14.7 Å². The van der Waals surface area contributed by atoms with Crippen molar-refractivity contribution in [3.05, 3.63) is 65.4 Å². The fraction of sp³-hybridized carbons (Fsp3) is 0.304. The molecule has 1 heterocycles. The summed E-state index contributed by atoms with van der Waals surface area (Å²) in [6.07, 6.45) is 0. The molecule has 6 heteroatoms. The number of rotatable bonds is 5. The van der Waals surface area contributed by atoms with Crippen LogP contribution in [0.1, 0.15) is 18.5 Å². The third-order valence-corrected chi connectivity index (χ3v) is 7.34. The van der Waals surface area contributed by atoms with Gasteiger partial charge in [0.25, 0.3) is 11.8 Å². The molecule has 152 valence electrons. The summed E-state index contributed by atoms with van der Waals surface area (Å²) in [6, 6.07) is 16.5. The van der Waals surface area contributed by atoms with Gasteiger partial charge in [-0.2, -0.15) is 0 Å². The van der Waals surface area contributed by atoms with Crippen LogP contribution in [0.4, 0.5) is 0 Å². The number of hydrogen-bond donors (Lipinski definition) is 2. The van der Waals surface area contributed by atoms with Gasteiger partial charge in [0.15, 0.2) is 5.76 Å². The minimum Gasteiger partial charge on any atom is -0.503 e. The summed E-state index contributed by atoms with van der Waals surface area (Å²) in [7, 11) is 0.151. The van der Waals surface area contributed by atoms with Gasteiger partial charge in [0.1, 0.15) is 0 Å². The summed E-state index contributed by atoms with van der Waals surface area (Å²) in [4.78, 5) is 25.6. The van der Waals surface area contributed by atoms with E-state index >= 15 is 0 Å². The molecule has 3 rings (SSSR count). The predicted molar refractivity (Wildman–Crippen MR) is 119 cm³/mol. The molecular formula is C23H28N2O3Si. The minimum absolute atomic E-state index is 0.114. The van der Waals surface area contributed by atoms with E-state index in [0.29, 0.717) is 0 Å². The Morgan fingerprint density at radius 2 is 1.72 bits per heavy atom. The highest BCUT2D eigenvalue weighted by Gasteiger charge is 2.32. The van der Waals surface area contributed by atoms with Crippen LogP contribution in [-0.4, -0.2) is 43.5 Å². The van der Waals surface area contributed by atoms with Crippen LogP contribution in [0.2, 0.25) is 19.6 Å². The van der Waals surface area contributed by atoms with E-state index in [2.05, 4.69) is 61.4 Å². The van der Waals surface area contributed by atoms with Crippen LogP contribution in [0.15, 0.2) is 59.9 Å². The number of carbonyl (C=O) groups excluding carboxylic acids is 2. The second-order valence-corrected chi connectivity index (χ2v) is 13.7. The lowest BCUT2D eigenvalue weighted by Crippen LogP contribution is -2.37. The van der Waals surface area contributed by atoms with Gasteiger partial charge < -0.3 is 15.3 Å². The van der Waals surface area contributed by atoms with E-state index in [4.69, 9.17) is 0 Å². The number of nitrogens with zero attached hydrogens (tertiary/aromatic N) is 1. The molecule has 1 aliphatic rings. The number of aliphatic hydroxyl groups is 1. The molecule has 2 aromatic rings. The Hall–Kier alpha value is -2.86. The molecule has 29 heavy (non-hydrogen) atoms. The van der Waals surface area contributed by atoms with Gasteiger partial charge in [0, 0.05) is 7.05 Å². The molecule has 0 aliphatic carbocycles. The Labute approximate surface area is 173 Å². The monoisotopic (exact) mass is 408 g/mol. The van der Waals surface area contributed by atoms with Crippen molar-refractivity contribution in [2.75, 3.05) is 13.6 Å². The first-order valence-electron chi connectivity index (χ1n) is 9.77. The van der Waals surface area contributed by atoms with Gasteiger partial charge in [-0.25, -0.2) is 0 Å². The second kappa shape index (κ2) is 7.87. The molecule has 1 unspecified atom stereocenters. The van der Waals surface area contributed by atoms with Gasteiger partial charge in [-0.05, 0) is 29.7 Å². The molecule has 0 radical (unpaired) electrons. The second-order valence-electron chi connectivity index (χ2n) is 8.64. The summed E-state index contributed by atoms with van der Waals surface area (Å²) in [5.41, 5.74) is 3.34. The zero-order valence-electron chi connectivity index (χ0n) is 17.6. The minimum atomic E-state index is -1.41. The number of benzene rings is 2. The van der Waals surface area contributed by atoms with Crippen molar-refractivity contribution in [3.63, 3.8) is 0 Å². The Kier molecular flexibility index (Phi) is 5.66. The molecule has 1 atom stereocenters. The van der Waals surface area contributed by atoms with Crippen molar-refractivity contribution in [2.24, 2.45) is 0 Å². The van der Waals surface area contributed by atoms with Crippen LogP contribution in [0.3, 0.4) is 0 Å². The normalized spacial score (nSPS) is 15.6. The SMILES string of the molecule is CC(NC(=O)C1=C(O)C(=O)N(C)C1)c1cccc(-c2cccc([Si](C)(C)C)c2)c1. The summed E-state index contributed by atoms with van der Waals surface area (Å²) in [5, 5.41) is 14.2. The van der Waals surface area contributed by atoms with Crippen LogP contribution >= 0.6 is 0 Å². The van der Waals surface area contributed by atoms with Crippen LogP contribution in [0, 0.1) is 0 Å². The maximum atomic E-state index is 12.5. The summed E-state index contributed by atoms with van der Waals surface area (Å²) >= 11 is 0. The summed E-state index contributed by atoms with van der Waals surface area (Å²) in [6.45, 7) is 9.00. The molecule has 5 nitrogen and oxygen atoms in total. The topological polar surface area (TPSA) is 69.6 Å². The van der Waals surface area contributed by atoms with Crippen LogP contribution < -0.4 is 10.5 Å². The number of aliphatic hydroxyl groups excluding tert-OH is 1. The first-order chi connectivity index (χ1) is 13.6. The van der Waals surface area contributed by atoms with Crippen LogP contribution in [0.25, 0.3) is 11.1 Å². The first kappa shape index (κ1) is 20.9. The lowest BCUT2D eigenvalue weighted by Gasteiger charge is -2.19. The molecule has 0 aromatic heterocycles. The van der Waals surface area contributed by atoms with Gasteiger partial charge in [0.2, 0.25) is 0 Å². The number of nitrogens with one attached hydrogen (secondary N) is 1. The quantitative estimate of drug-likeness (QED) is 0.746. The zero-order chi connectivity index (χ0) is 21.3. The zero-order valence-corrected chi connectivity index (χ0v) is 18.6. The largest absolute Gasteiger partial charge is 0.503 e. The molecular weight excluding hydrogens is 380 g/mol. The third-order valence-electron chi connectivity index (χ3n) is 5.30. The fourth-order valence-electron chi connectivity index (χ4n) is 3.39. The Morgan fingerprint density at radius 3 is 2.31 bits per heavy atom. The highest BCUT2D eigenvalue weighted by molar-refractivity contribution is 6.88. The lowest BCUT2D eigenvalue weighted by molar-refractivity contribution is -0.126. The highest BCUT2D eigenvalue weighted by Crippen LogP contribution is 2.24. The molecule has 1 aliphatic heterocycles. The fourth-order valence-corrected chi connectivity index (χ4v) is 4.58. The molecule has 2 amide bonds. The summed E-state index contributed by atoms with van der Waals surface area (Å²) < 4.78 is 0. The number of hydrogen-bond acceptors (Lipinski definition) is 3. The number of likely N-dealkylation sites (N-methyl/N-ethyl adjacent to an activating group) is 1. The Balaban J connectivity index is 1.81. The van der Waals surface area contributed by atoms with Gasteiger partial charge in [-0.15, -0.1) is 0 Å². The highest BCUT2D eigenvalue weighted by atomic mass is 28.3. The number of carbonyl (C=O) groups is 2. The summed E-state index contributed by atoms with van der Waals surface area (Å²) in [5.74, 6) is -1.40. The maximum absolute atomic E-state index is 12.5. The van der Waals surface area contributed by atoms with Crippen molar-refractivity contribution >= 4 is 25.1 Å². The van der Waals surface area contributed by atoms with E-state index in [1.807, 2.05) is 19.1 Å². The smallest absolute Gasteiger partial charge is 0.289 e.